The molecule has 0 aliphatic carbocycles. The van der Waals surface area contributed by atoms with Crippen LogP contribution >= 0.6 is 0 Å². The zero-order valence-electron chi connectivity index (χ0n) is 13.1. The van der Waals surface area contributed by atoms with Crippen LogP contribution in [0.15, 0.2) is 24.3 Å². The highest BCUT2D eigenvalue weighted by Crippen LogP contribution is 2.16. The van der Waals surface area contributed by atoms with Gasteiger partial charge in [-0.25, -0.2) is 0 Å². The molecule has 0 radical (unpaired) electrons. The molecule has 112 valence electrons. The molecule has 0 saturated heterocycles. The van der Waals surface area contributed by atoms with E-state index in [1.54, 1.807) is 0 Å². The van der Waals surface area contributed by atoms with Gasteiger partial charge in [-0.05, 0) is 39.2 Å². The summed E-state index contributed by atoms with van der Waals surface area (Å²) in [4.78, 5) is 12.1. The number of hydrogen-bond acceptors (Lipinski definition) is 2. The van der Waals surface area contributed by atoms with Crippen molar-refractivity contribution in [1.82, 2.24) is 5.32 Å². The molecule has 1 aromatic rings. The van der Waals surface area contributed by atoms with E-state index in [4.69, 9.17) is 5.73 Å². The number of carbonyl (C=O) groups excluding carboxylic acids is 1. The third kappa shape index (κ3) is 5.74. The summed E-state index contributed by atoms with van der Waals surface area (Å²) in [6, 6.07) is 8.54. The third-order valence-corrected chi connectivity index (χ3v) is 3.65. The van der Waals surface area contributed by atoms with E-state index >= 15 is 0 Å². The largest absolute Gasteiger partial charge is 0.349 e. The quantitative estimate of drug-likeness (QED) is 0.802. The molecule has 3 atom stereocenters. The molecule has 0 aromatic heterocycles. The Morgan fingerprint density at radius 1 is 1.25 bits per heavy atom. The second-order valence-corrected chi connectivity index (χ2v) is 5.95. The maximum atomic E-state index is 12.1. The number of amides is 1. The minimum absolute atomic E-state index is 0.0426. The predicted octanol–water partition coefficient (Wildman–Crippen LogP) is 3.33. The maximum absolute atomic E-state index is 12.1. The first-order valence-electron chi connectivity index (χ1n) is 7.52. The Hall–Kier alpha value is -1.35. The van der Waals surface area contributed by atoms with E-state index in [0.717, 1.165) is 24.8 Å². The van der Waals surface area contributed by atoms with Crippen molar-refractivity contribution in [1.29, 1.82) is 0 Å². The van der Waals surface area contributed by atoms with E-state index in [1.165, 1.54) is 5.56 Å². The van der Waals surface area contributed by atoms with Gasteiger partial charge in [0.2, 0.25) is 5.91 Å². The monoisotopic (exact) mass is 276 g/mol. The van der Waals surface area contributed by atoms with Crippen LogP contribution in [0.1, 0.15) is 57.2 Å². The number of rotatable bonds is 7. The highest BCUT2D eigenvalue weighted by molar-refractivity contribution is 5.78. The lowest BCUT2D eigenvalue weighted by molar-refractivity contribution is -0.125. The lowest BCUT2D eigenvalue weighted by Crippen LogP contribution is -2.31. The Morgan fingerprint density at radius 2 is 1.95 bits per heavy atom. The fourth-order valence-corrected chi connectivity index (χ4v) is 2.26. The summed E-state index contributed by atoms with van der Waals surface area (Å²) in [5.74, 6) is 0.171. The van der Waals surface area contributed by atoms with Crippen molar-refractivity contribution in [2.75, 3.05) is 0 Å². The summed E-state index contributed by atoms with van der Waals surface area (Å²) in [5, 5.41) is 3.09. The summed E-state index contributed by atoms with van der Waals surface area (Å²) in [7, 11) is 0. The molecule has 0 aliphatic rings. The zero-order chi connectivity index (χ0) is 15.1. The highest BCUT2D eigenvalue weighted by Gasteiger charge is 2.16. The topological polar surface area (TPSA) is 55.1 Å². The molecule has 0 spiro atoms. The van der Waals surface area contributed by atoms with Gasteiger partial charge < -0.3 is 11.1 Å². The third-order valence-electron chi connectivity index (χ3n) is 3.65. The van der Waals surface area contributed by atoms with Gasteiger partial charge in [0.25, 0.3) is 0 Å². The van der Waals surface area contributed by atoms with Gasteiger partial charge in [0, 0.05) is 12.0 Å². The van der Waals surface area contributed by atoms with Crippen LogP contribution in [-0.4, -0.2) is 11.9 Å². The first kappa shape index (κ1) is 16.7. The van der Waals surface area contributed by atoms with Gasteiger partial charge in [0.1, 0.15) is 0 Å². The molecule has 0 fully saturated rings. The molecule has 1 aromatic carbocycles. The first-order chi connectivity index (χ1) is 9.40. The molecule has 0 saturated carbocycles. The predicted molar refractivity (Wildman–Crippen MR) is 84.4 cm³/mol. The number of nitrogens with two attached hydrogens (primary N) is 1. The molecular weight excluding hydrogens is 248 g/mol. The van der Waals surface area contributed by atoms with Gasteiger partial charge in [-0.2, -0.15) is 0 Å². The zero-order valence-corrected chi connectivity index (χ0v) is 13.1. The molecule has 0 aliphatic heterocycles. The van der Waals surface area contributed by atoms with Crippen LogP contribution in [0.5, 0.6) is 0 Å². The number of carbonyl (C=O) groups is 1. The van der Waals surface area contributed by atoms with E-state index in [2.05, 4.69) is 30.4 Å². The smallest absolute Gasteiger partial charge is 0.223 e. The van der Waals surface area contributed by atoms with Crippen LogP contribution in [0.2, 0.25) is 0 Å². The van der Waals surface area contributed by atoms with Gasteiger partial charge in [-0.1, -0.05) is 43.2 Å². The van der Waals surface area contributed by atoms with Gasteiger partial charge in [0.05, 0.1) is 6.04 Å². The van der Waals surface area contributed by atoms with E-state index in [9.17, 15) is 4.79 Å². The van der Waals surface area contributed by atoms with Gasteiger partial charge in [0.15, 0.2) is 0 Å². The lowest BCUT2D eigenvalue weighted by Gasteiger charge is -2.18. The molecule has 3 heteroatoms. The lowest BCUT2D eigenvalue weighted by atomic mass is 10.00. The molecule has 1 amide bonds. The number of aryl methyl sites for hydroxylation is 1. The number of nitrogens with one attached hydrogen (secondary N) is 1. The van der Waals surface area contributed by atoms with Crippen molar-refractivity contribution in [2.24, 2.45) is 11.7 Å². The van der Waals surface area contributed by atoms with Crippen molar-refractivity contribution < 1.29 is 4.79 Å². The summed E-state index contributed by atoms with van der Waals surface area (Å²) in [6.45, 7) is 8.08. The van der Waals surface area contributed by atoms with Gasteiger partial charge in [-0.3, -0.25) is 4.79 Å². The normalized spacial score (nSPS) is 15.4. The standard InChI is InChI=1S/C17H28N2O/c1-12-7-5-10-16(11-12)15(4)19-17(20)13(2)8-6-9-14(3)18/h5,7,10-11,13-15H,6,8-9,18H2,1-4H3,(H,19,20)/t13?,14?,15-/m0/s1. The van der Waals surface area contributed by atoms with E-state index in [1.807, 2.05) is 26.8 Å². The second kappa shape index (κ2) is 8.05. The van der Waals surface area contributed by atoms with Crippen LogP contribution in [0, 0.1) is 12.8 Å². The van der Waals surface area contributed by atoms with Crippen molar-refractivity contribution >= 4 is 5.91 Å². The highest BCUT2D eigenvalue weighted by atomic mass is 16.1. The summed E-state index contributed by atoms with van der Waals surface area (Å²) < 4.78 is 0. The molecule has 3 nitrogen and oxygen atoms in total. The van der Waals surface area contributed by atoms with E-state index in [-0.39, 0.29) is 23.9 Å². The van der Waals surface area contributed by atoms with E-state index in [0.29, 0.717) is 0 Å². The van der Waals surface area contributed by atoms with Crippen LogP contribution in [0.3, 0.4) is 0 Å². The molecule has 1 rings (SSSR count). The van der Waals surface area contributed by atoms with Gasteiger partial charge in [-0.15, -0.1) is 0 Å². The molecule has 2 unspecified atom stereocenters. The Balaban J connectivity index is 2.44. The van der Waals surface area contributed by atoms with Crippen LogP contribution in [0.25, 0.3) is 0 Å². The Morgan fingerprint density at radius 3 is 2.55 bits per heavy atom. The van der Waals surface area contributed by atoms with Crippen molar-refractivity contribution in [3.05, 3.63) is 35.4 Å². The molecular formula is C17H28N2O. The summed E-state index contributed by atoms with van der Waals surface area (Å²) in [6.07, 6.45) is 2.88. The fourth-order valence-electron chi connectivity index (χ4n) is 2.26. The number of hydrogen-bond donors (Lipinski definition) is 2. The summed E-state index contributed by atoms with van der Waals surface area (Å²) in [5.41, 5.74) is 8.10. The minimum atomic E-state index is 0.0426. The number of benzene rings is 1. The van der Waals surface area contributed by atoms with Crippen LogP contribution in [-0.2, 0) is 4.79 Å². The van der Waals surface area contributed by atoms with Crippen molar-refractivity contribution in [3.8, 4) is 0 Å². The Bertz CT molecular complexity index is 429. The SMILES string of the molecule is Cc1cccc([C@H](C)NC(=O)C(C)CCCC(C)N)c1. The van der Waals surface area contributed by atoms with Crippen LogP contribution < -0.4 is 11.1 Å². The van der Waals surface area contributed by atoms with Gasteiger partial charge >= 0.3 is 0 Å². The average molecular weight is 276 g/mol. The Kier molecular flexibility index (Phi) is 6.73. The Labute approximate surface area is 122 Å². The molecule has 0 bridgehead atoms. The maximum Gasteiger partial charge on any atom is 0.223 e. The van der Waals surface area contributed by atoms with E-state index < -0.39 is 0 Å². The molecule has 3 N–H and O–H groups in total. The second-order valence-electron chi connectivity index (χ2n) is 5.95. The summed E-state index contributed by atoms with van der Waals surface area (Å²) >= 11 is 0. The molecule has 0 heterocycles. The molecule has 20 heavy (non-hydrogen) atoms. The minimum Gasteiger partial charge on any atom is -0.349 e. The van der Waals surface area contributed by atoms with Crippen LogP contribution in [0.4, 0.5) is 0 Å². The average Bonchev–Trinajstić information content (AvgIpc) is 2.38. The van der Waals surface area contributed by atoms with Crippen molar-refractivity contribution in [3.63, 3.8) is 0 Å². The fraction of sp³-hybridized carbons (Fsp3) is 0.588. The first-order valence-corrected chi connectivity index (χ1v) is 7.52. The van der Waals surface area contributed by atoms with Crippen molar-refractivity contribution in [2.45, 2.75) is 59.0 Å².